The van der Waals surface area contributed by atoms with Gasteiger partial charge in [-0.05, 0) is 49.6 Å². The van der Waals surface area contributed by atoms with Crippen molar-refractivity contribution in [3.63, 3.8) is 0 Å². The molecule has 0 radical (unpaired) electrons. The van der Waals surface area contributed by atoms with Gasteiger partial charge in [0.25, 0.3) is 0 Å². The van der Waals surface area contributed by atoms with E-state index < -0.39 is 17.4 Å². The predicted octanol–water partition coefficient (Wildman–Crippen LogP) is 4.66. The highest BCUT2D eigenvalue weighted by atomic mass is 19.4. The summed E-state index contributed by atoms with van der Waals surface area (Å²) in [5, 5.41) is 9.36. The molecule has 0 N–H and O–H groups in total. The number of pyridine rings is 1. The van der Waals surface area contributed by atoms with Crippen LogP contribution in [0.15, 0.2) is 41.2 Å². The van der Waals surface area contributed by atoms with Gasteiger partial charge in [-0.3, -0.25) is 9.47 Å². The second kappa shape index (κ2) is 9.90. The minimum atomic E-state index is -4.37. The fraction of sp³-hybridized carbons (Fsp3) is 0.462. The van der Waals surface area contributed by atoms with Crippen molar-refractivity contribution in [3.05, 3.63) is 63.7 Å². The van der Waals surface area contributed by atoms with Crippen LogP contribution in [-0.4, -0.2) is 44.6 Å². The van der Waals surface area contributed by atoms with Gasteiger partial charge in [0, 0.05) is 38.3 Å². The molecule has 3 heterocycles. The molecule has 3 aromatic rings. The smallest absolute Gasteiger partial charge is 0.349 e. The lowest BCUT2D eigenvalue weighted by Gasteiger charge is -2.49. The number of benzene rings is 1. The first-order valence-corrected chi connectivity index (χ1v) is 12.1. The number of halogens is 3. The molecule has 4 rings (SSSR count). The summed E-state index contributed by atoms with van der Waals surface area (Å²) in [5.41, 5.74) is 1.14. The molecule has 0 spiro atoms. The van der Waals surface area contributed by atoms with Crippen molar-refractivity contribution in [3.8, 4) is 6.07 Å². The first-order chi connectivity index (χ1) is 17.1. The lowest BCUT2D eigenvalue weighted by atomic mass is 9.95. The number of anilines is 1. The van der Waals surface area contributed by atoms with Crippen molar-refractivity contribution >= 4 is 16.9 Å². The van der Waals surface area contributed by atoms with Gasteiger partial charge >= 0.3 is 11.9 Å². The normalized spacial score (nSPS) is 19.9. The van der Waals surface area contributed by atoms with E-state index in [1.165, 1.54) is 4.57 Å². The molecule has 0 amide bonds. The summed E-state index contributed by atoms with van der Waals surface area (Å²) in [7, 11) is 1.63. The van der Waals surface area contributed by atoms with E-state index in [9.17, 15) is 23.2 Å². The summed E-state index contributed by atoms with van der Waals surface area (Å²) in [6.45, 7) is 7.36. The Hall–Kier alpha value is -3.45. The zero-order valence-electron chi connectivity index (χ0n) is 20.8. The Balaban J connectivity index is 1.69. The molecule has 0 bridgehead atoms. The van der Waals surface area contributed by atoms with Crippen LogP contribution in [0.3, 0.4) is 0 Å². The Kier molecular flexibility index (Phi) is 7.05. The van der Waals surface area contributed by atoms with E-state index in [4.69, 9.17) is 0 Å². The molecule has 1 fully saturated rings. The molecule has 1 aliphatic heterocycles. The molecule has 7 nitrogen and oxygen atoms in total. The number of nitrogens with zero attached hydrogens (tertiary/aromatic N) is 6. The number of alkyl halides is 3. The number of aromatic nitrogens is 3. The monoisotopic (exact) mass is 498 g/mol. The maximum absolute atomic E-state index is 13.1. The Morgan fingerprint density at radius 3 is 2.39 bits per heavy atom. The molecular formula is C26H29F3N6O. The van der Waals surface area contributed by atoms with E-state index in [0.717, 1.165) is 30.5 Å². The van der Waals surface area contributed by atoms with Crippen LogP contribution in [0.5, 0.6) is 0 Å². The van der Waals surface area contributed by atoms with Crippen LogP contribution < -0.4 is 10.6 Å². The average Bonchev–Trinajstić information content (AvgIpc) is 2.86. The fourth-order valence-electron chi connectivity index (χ4n) is 5.13. The fourth-order valence-corrected chi connectivity index (χ4v) is 5.13. The molecule has 1 saturated heterocycles. The van der Waals surface area contributed by atoms with Gasteiger partial charge in [-0.25, -0.2) is 9.78 Å². The van der Waals surface area contributed by atoms with E-state index >= 15 is 0 Å². The minimum Gasteiger partial charge on any atom is -0.349 e. The maximum Gasteiger partial charge on any atom is 0.416 e. The largest absolute Gasteiger partial charge is 0.416 e. The van der Waals surface area contributed by atoms with Gasteiger partial charge in [0.2, 0.25) is 0 Å². The summed E-state index contributed by atoms with van der Waals surface area (Å²) in [4.78, 5) is 25.9. The third-order valence-electron chi connectivity index (χ3n) is 7.09. The van der Waals surface area contributed by atoms with E-state index in [1.54, 1.807) is 31.3 Å². The van der Waals surface area contributed by atoms with Crippen LogP contribution in [-0.2, 0) is 13.2 Å². The Morgan fingerprint density at radius 1 is 1.11 bits per heavy atom. The number of rotatable bonds is 5. The van der Waals surface area contributed by atoms with Crippen molar-refractivity contribution in [2.45, 2.75) is 57.9 Å². The standard InChI is InChI=1S/C26H29F3N6O/c1-5-20-15-34(24-23-22(33(4)25(36)32-24)12-11-19(13-30)31-23)16(3)14-35(20)21(6-2)17-7-9-18(10-8-17)26(27,28)29/h7-12,16,20-21H,5-6,14-15H2,1-4H3/t16-,20+,21?/m0/s1. The number of fused-ring (bicyclic) bond motifs is 1. The highest BCUT2D eigenvalue weighted by Crippen LogP contribution is 2.36. The molecule has 1 aliphatic rings. The van der Waals surface area contributed by atoms with Crippen molar-refractivity contribution in [1.82, 2.24) is 19.4 Å². The summed E-state index contributed by atoms with van der Waals surface area (Å²) >= 11 is 0. The van der Waals surface area contributed by atoms with Crippen molar-refractivity contribution in [1.29, 1.82) is 5.26 Å². The molecule has 3 atom stereocenters. The summed E-state index contributed by atoms with van der Waals surface area (Å²) in [5.74, 6) is 0.457. The van der Waals surface area contributed by atoms with Crippen molar-refractivity contribution in [2.24, 2.45) is 7.05 Å². The topological polar surface area (TPSA) is 78.0 Å². The third-order valence-corrected chi connectivity index (χ3v) is 7.09. The molecule has 36 heavy (non-hydrogen) atoms. The highest BCUT2D eigenvalue weighted by Gasteiger charge is 2.37. The number of aryl methyl sites for hydroxylation is 1. The lowest BCUT2D eigenvalue weighted by Crippen LogP contribution is -2.58. The zero-order chi connectivity index (χ0) is 26.2. The SMILES string of the molecule is CCC(c1ccc(C(F)(F)F)cc1)N1C[C@H](C)N(c2nc(=O)n(C)c3ccc(C#N)nc23)C[C@H]1CC. The number of piperazine rings is 1. The third kappa shape index (κ3) is 4.67. The van der Waals surface area contributed by atoms with Gasteiger partial charge in [-0.2, -0.15) is 23.4 Å². The summed E-state index contributed by atoms with van der Waals surface area (Å²) in [6.07, 6.45) is -2.82. The second-order valence-electron chi connectivity index (χ2n) is 9.26. The first-order valence-electron chi connectivity index (χ1n) is 12.1. The minimum absolute atomic E-state index is 0.0431. The quantitative estimate of drug-likeness (QED) is 0.509. The molecule has 0 aliphatic carbocycles. The van der Waals surface area contributed by atoms with Crippen LogP contribution in [0, 0.1) is 11.3 Å². The maximum atomic E-state index is 13.1. The van der Waals surface area contributed by atoms with E-state index in [2.05, 4.69) is 32.8 Å². The summed E-state index contributed by atoms with van der Waals surface area (Å²) < 4.78 is 40.6. The molecule has 10 heteroatoms. The second-order valence-corrected chi connectivity index (χ2v) is 9.26. The molecule has 1 aromatic carbocycles. The van der Waals surface area contributed by atoms with Gasteiger partial charge < -0.3 is 4.90 Å². The van der Waals surface area contributed by atoms with Gasteiger partial charge in [-0.1, -0.05) is 26.0 Å². The first kappa shape index (κ1) is 25.6. The van der Waals surface area contributed by atoms with E-state index in [1.807, 2.05) is 13.8 Å². The molecule has 1 unspecified atom stereocenters. The van der Waals surface area contributed by atoms with Crippen LogP contribution in [0.2, 0.25) is 0 Å². The van der Waals surface area contributed by atoms with Crippen LogP contribution in [0.1, 0.15) is 56.5 Å². The van der Waals surface area contributed by atoms with Gasteiger partial charge in [0.05, 0.1) is 11.1 Å². The van der Waals surface area contributed by atoms with Crippen LogP contribution in [0.25, 0.3) is 11.0 Å². The highest BCUT2D eigenvalue weighted by molar-refractivity contribution is 5.86. The Labute approximate surface area is 207 Å². The number of hydrogen-bond acceptors (Lipinski definition) is 6. The van der Waals surface area contributed by atoms with E-state index in [0.29, 0.717) is 29.9 Å². The lowest BCUT2D eigenvalue weighted by molar-refractivity contribution is -0.137. The zero-order valence-corrected chi connectivity index (χ0v) is 20.8. The van der Waals surface area contributed by atoms with Crippen molar-refractivity contribution in [2.75, 3.05) is 18.0 Å². The molecular weight excluding hydrogens is 469 g/mol. The Morgan fingerprint density at radius 2 is 1.81 bits per heavy atom. The van der Waals surface area contributed by atoms with Crippen molar-refractivity contribution < 1.29 is 13.2 Å². The van der Waals surface area contributed by atoms with Gasteiger partial charge in [0.15, 0.2) is 5.82 Å². The van der Waals surface area contributed by atoms with Crippen LogP contribution in [0.4, 0.5) is 19.0 Å². The average molecular weight is 499 g/mol. The number of hydrogen-bond donors (Lipinski definition) is 0. The predicted molar refractivity (Wildman–Crippen MR) is 132 cm³/mol. The Bertz CT molecular complexity index is 1350. The van der Waals surface area contributed by atoms with Gasteiger partial charge in [-0.15, -0.1) is 0 Å². The molecule has 190 valence electrons. The number of nitriles is 1. The van der Waals surface area contributed by atoms with Gasteiger partial charge in [0.1, 0.15) is 17.3 Å². The van der Waals surface area contributed by atoms with Crippen LogP contribution >= 0.6 is 0 Å². The summed E-state index contributed by atoms with van der Waals surface area (Å²) in [6, 6.07) is 10.8. The molecule has 0 saturated carbocycles. The van der Waals surface area contributed by atoms with E-state index in [-0.39, 0.29) is 23.8 Å². The molecule has 2 aromatic heterocycles.